The zero-order valence-electron chi connectivity index (χ0n) is 12.8. The van der Waals surface area contributed by atoms with Crippen molar-refractivity contribution in [3.63, 3.8) is 0 Å². The minimum atomic E-state index is -0.167. The summed E-state index contributed by atoms with van der Waals surface area (Å²) in [4.78, 5) is 0. The second-order valence-corrected chi connectivity index (χ2v) is 5.60. The summed E-state index contributed by atoms with van der Waals surface area (Å²) < 4.78 is 0. The van der Waals surface area contributed by atoms with Gasteiger partial charge in [0.1, 0.15) is 0 Å². The van der Waals surface area contributed by atoms with Gasteiger partial charge in [-0.2, -0.15) is 0 Å². The second kappa shape index (κ2) is 14.9. The zero-order chi connectivity index (χ0) is 14.6. The average Bonchev–Trinajstić information content (AvgIpc) is 2.28. The summed E-state index contributed by atoms with van der Waals surface area (Å²) >= 11 is 0. The first-order valence-corrected chi connectivity index (χ1v) is 6.95. The molecule has 0 aromatic carbocycles. The molecule has 4 nitrogen and oxygen atoms in total. The van der Waals surface area contributed by atoms with E-state index >= 15 is 0 Å². The standard InChI is InChI=1S/C8H16N2.2C3H8O.Pt/c9-6-8(7-10)4-2-1-3-5-8;2*1-3(2)4;/h9-10H,1-7H2;2*3-4H,1-2H3;/q-2;;;+2. The van der Waals surface area contributed by atoms with Crippen molar-refractivity contribution in [2.24, 2.45) is 5.41 Å². The van der Waals surface area contributed by atoms with E-state index in [4.69, 9.17) is 21.7 Å². The Hall–Kier alpha value is 0.528. The minimum absolute atomic E-state index is 0. The molecule has 1 aliphatic carbocycles. The predicted molar refractivity (Wildman–Crippen MR) is 78.6 cm³/mol. The number of nitrogens with one attached hydrogen (secondary N) is 2. The van der Waals surface area contributed by atoms with E-state index in [1.807, 2.05) is 0 Å². The fourth-order valence-corrected chi connectivity index (χ4v) is 1.72. The summed E-state index contributed by atoms with van der Waals surface area (Å²) in [5.41, 5.74) is 14.7. The Balaban J connectivity index is -0.000000242. The van der Waals surface area contributed by atoms with Gasteiger partial charge in [0.2, 0.25) is 0 Å². The molecule has 0 atom stereocenters. The van der Waals surface area contributed by atoms with E-state index in [0.717, 1.165) is 12.8 Å². The number of rotatable bonds is 2. The second-order valence-electron chi connectivity index (χ2n) is 5.60. The largest absolute Gasteiger partial charge is 2.00 e. The molecule has 0 aromatic rings. The van der Waals surface area contributed by atoms with Crippen LogP contribution in [0.3, 0.4) is 0 Å². The number of aliphatic hydroxyl groups excluding tert-OH is 2. The molecule has 0 amide bonds. The first-order valence-electron chi connectivity index (χ1n) is 6.95. The molecule has 1 fully saturated rings. The molecule has 1 saturated carbocycles. The molecule has 0 saturated heterocycles. The van der Waals surface area contributed by atoms with Crippen molar-refractivity contribution in [2.75, 3.05) is 13.1 Å². The molecule has 1 rings (SSSR count). The molecular weight excluding hydrogens is 423 g/mol. The van der Waals surface area contributed by atoms with Crippen molar-refractivity contribution in [3.05, 3.63) is 11.5 Å². The number of aliphatic hydroxyl groups is 2. The van der Waals surface area contributed by atoms with Crippen molar-refractivity contribution in [2.45, 2.75) is 72.0 Å². The molecule has 0 bridgehead atoms. The number of hydrogen-bond acceptors (Lipinski definition) is 2. The fraction of sp³-hybridized carbons (Fsp3) is 1.00. The van der Waals surface area contributed by atoms with Gasteiger partial charge in [-0.3, -0.25) is 0 Å². The predicted octanol–water partition coefficient (Wildman–Crippen LogP) is 3.81. The van der Waals surface area contributed by atoms with Gasteiger partial charge in [-0.05, 0) is 27.7 Å². The van der Waals surface area contributed by atoms with Crippen LogP contribution in [0.15, 0.2) is 0 Å². The van der Waals surface area contributed by atoms with Gasteiger partial charge in [0.05, 0.1) is 0 Å². The normalized spacial score (nSPS) is 16.7. The van der Waals surface area contributed by atoms with Crippen LogP contribution in [0.5, 0.6) is 0 Å². The van der Waals surface area contributed by atoms with E-state index < -0.39 is 0 Å². The van der Waals surface area contributed by atoms with E-state index in [0.29, 0.717) is 13.1 Å². The first kappa shape index (κ1) is 24.5. The SMILES string of the molecule is CC(C)O.CC(C)O.[NH-]CC1(C[NH-])CCCCC1.[Pt+2]. The Bertz CT molecular complexity index is 155. The third kappa shape index (κ3) is 18.5. The third-order valence-corrected chi connectivity index (χ3v) is 2.66. The van der Waals surface area contributed by atoms with Crippen LogP contribution < -0.4 is 0 Å². The molecule has 0 heterocycles. The van der Waals surface area contributed by atoms with Crippen molar-refractivity contribution >= 4 is 0 Å². The van der Waals surface area contributed by atoms with Gasteiger partial charge in [0.15, 0.2) is 0 Å². The summed E-state index contributed by atoms with van der Waals surface area (Å²) in [5.74, 6) is 0. The molecule has 0 aromatic heterocycles. The van der Waals surface area contributed by atoms with Gasteiger partial charge < -0.3 is 21.7 Å². The topological polar surface area (TPSA) is 88.1 Å². The van der Waals surface area contributed by atoms with Gasteiger partial charge in [0.25, 0.3) is 0 Å². The molecule has 1 aliphatic rings. The summed E-state index contributed by atoms with van der Waals surface area (Å²) in [6, 6.07) is 0. The monoisotopic (exact) mass is 455 g/mol. The summed E-state index contributed by atoms with van der Waals surface area (Å²) in [7, 11) is 0. The van der Waals surface area contributed by atoms with Gasteiger partial charge in [-0.15, -0.1) is 13.1 Å². The minimum Gasteiger partial charge on any atom is -0.677 e. The summed E-state index contributed by atoms with van der Waals surface area (Å²) in [6.45, 7) is 7.83. The van der Waals surface area contributed by atoms with Gasteiger partial charge in [-0.1, -0.05) is 37.5 Å². The van der Waals surface area contributed by atoms with Crippen LogP contribution in [0.4, 0.5) is 0 Å². The maximum absolute atomic E-state index is 8.06. The van der Waals surface area contributed by atoms with Crippen LogP contribution >= 0.6 is 0 Å². The molecule has 5 heteroatoms. The summed E-state index contributed by atoms with van der Waals surface area (Å²) in [5, 5.41) is 16.1. The van der Waals surface area contributed by atoms with Gasteiger partial charge in [-0.25, -0.2) is 0 Å². The Morgan fingerprint density at radius 3 is 1.26 bits per heavy atom. The maximum atomic E-state index is 8.06. The van der Waals surface area contributed by atoms with E-state index in [9.17, 15) is 0 Å². The fourth-order valence-electron chi connectivity index (χ4n) is 1.72. The molecule has 120 valence electrons. The Morgan fingerprint density at radius 2 is 1.11 bits per heavy atom. The summed E-state index contributed by atoms with van der Waals surface area (Å²) in [6.07, 6.45) is 5.73. The van der Waals surface area contributed by atoms with Gasteiger partial charge >= 0.3 is 21.1 Å². The van der Waals surface area contributed by atoms with E-state index in [1.54, 1.807) is 27.7 Å². The molecule has 4 N–H and O–H groups in total. The Kier molecular flexibility index (Phi) is 19.3. The van der Waals surface area contributed by atoms with Crippen molar-refractivity contribution in [1.29, 1.82) is 0 Å². The number of hydrogen-bond donors (Lipinski definition) is 2. The van der Waals surface area contributed by atoms with Gasteiger partial charge in [0, 0.05) is 12.2 Å². The van der Waals surface area contributed by atoms with Crippen molar-refractivity contribution in [3.8, 4) is 0 Å². The van der Waals surface area contributed by atoms with Crippen molar-refractivity contribution < 1.29 is 31.3 Å². The van der Waals surface area contributed by atoms with Crippen LogP contribution in [-0.4, -0.2) is 35.5 Å². The van der Waals surface area contributed by atoms with E-state index in [2.05, 4.69) is 0 Å². The van der Waals surface area contributed by atoms with Crippen molar-refractivity contribution in [1.82, 2.24) is 0 Å². The van der Waals surface area contributed by atoms with Crippen LogP contribution in [0.2, 0.25) is 0 Å². The van der Waals surface area contributed by atoms with Crippen LogP contribution in [-0.2, 0) is 21.1 Å². The molecule has 0 radical (unpaired) electrons. The van der Waals surface area contributed by atoms with Crippen LogP contribution in [0.1, 0.15) is 59.8 Å². The Morgan fingerprint density at radius 1 is 0.842 bits per heavy atom. The van der Waals surface area contributed by atoms with Crippen LogP contribution in [0.25, 0.3) is 11.5 Å². The van der Waals surface area contributed by atoms with E-state index in [-0.39, 0.29) is 38.7 Å². The molecular formula is C14H32N2O2Pt. The first-order chi connectivity index (χ1) is 8.29. The van der Waals surface area contributed by atoms with E-state index in [1.165, 1.54) is 19.3 Å². The molecule has 0 aliphatic heterocycles. The third-order valence-electron chi connectivity index (χ3n) is 2.66. The quantitative estimate of drug-likeness (QED) is 0.663. The average molecular weight is 456 g/mol. The molecule has 0 unspecified atom stereocenters. The molecule has 19 heavy (non-hydrogen) atoms. The van der Waals surface area contributed by atoms with Crippen LogP contribution in [0, 0.1) is 5.41 Å². The molecule has 0 spiro atoms. The Labute approximate surface area is 133 Å². The smallest absolute Gasteiger partial charge is 0.677 e. The zero-order valence-corrected chi connectivity index (χ0v) is 15.1. The maximum Gasteiger partial charge on any atom is 2.00 e.